The lowest BCUT2D eigenvalue weighted by atomic mass is 9.84. The molecule has 5 nitrogen and oxygen atoms in total. The third-order valence-electron chi connectivity index (χ3n) is 5.28. The average Bonchev–Trinajstić information content (AvgIpc) is 3.23. The molecule has 168 valence electrons. The Balaban J connectivity index is 1.56. The van der Waals surface area contributed by atoms with Crippen LogP contribution in [0.5, 0.6) is 5.75 Å². The first kappa shape index (κ1) is 22.1. The number of nitrogens with zero attached hydrogens (tertiary/aromatic N) is 2. The number of alkyl halides is 3. The van der Waals surface area contributed by atoms with Crippen molar-refractivity contribution in [2.45, 2.75) is 24.6 Å². The second kappa shape index (κ2) is 8.82. The number of amides is 1. The van der Waals surface area contributed by atoms with Gasteiger partial charge in [0.15, 0.2) is 5.89 Å². The molecular formula is C22H17ClF4N2O3. The molecule has 0 N–H and O–H groups in total. The molecule has 0 aliphatic carbocycles. The van der Waals surface area contributed by atoms with E-state index in [-0.39, 0.29) is 24.1 Å². The van der Waals surface area contributed by atoms with Gasteiger partial charge in [-0.05, 0) is 47.9 Å². The maximum atomic E-state index is 13.5. The average molecular weight is 469 g/mol. The Labute approximate surface area is 185 Å². The van der Waals surface area contributed by atoms with Crippen molar-refractivity contribution in [3.63, 3.8) is 0 Å². The second-order valence-corrected chi connectivity index (χ2v) is 7.81. The molecule has 2 heterocycles. The summed E-state index contributed by atoms with van der Waals surface area (Å²) >= 11 is 5.73. The molecule has 0 radical (unpaired) electrons. The predicted molar refractivity (Wildman–Crippen MR) is 108 cm³/mol. The summed E-state index contributed by atoms with van der Waals surface area (Å²) in [4.78, 5) is 17.8. The number of piperidine rings is 1. The van der Waals surface area contributed by atoms with Gasteiger partial charge < -0.3 is 14.1 Å². The maximum Gasteiger partial charge on any atom is 0.573 e. The smallest absolute Gasteiger partial charge is 0.448 e. The number of carbonyl (C=O) groups is 1. The van der Waals surface area contributed by atoms with Gasteiger partial charge in [-0.2, -0.15) is 0 Å². The van der Waals surface area contributed by atoms with Crippen molar-refractivity contribution in [2.75, 3.05) is 13.1 Å². The van der Waals surface area contributed by atoms with Crippen molar-refractivity contribution < 1.29 is 31.5 Å². The molecule has 1 amide bonds. The molecule has 1 aliphatic heterocycles. The summed E-state index contributed by atoms with van der Waals surface area (Å²) in [5.74, 6) is -0.868. The lowest BCUT2D eigenvalue weighted by Crippen LogP contribution is -2.40. The zero-order valence-electron chi connectivity index (χ0n) is 16.5. The number of carbonyl (C=O) groups excluding carboxylic acids is 1. The molecule has 4 rings (SSSR count). The number of aromatic nitrogens is 1. The summed E-state index contributed by atoms with van der Waals surface area (Å²) in [7, 11) is 0. The fourth-order valence-electron chi connectivity index (χ4n) is 3.86. The van der Waals surface area contributed by atoms with Gasteiger partial charge >= 0.3 is 11.7 Å². The van der Waals surface area contributed by atoms with E-state index < -0.39 is 17.5 Å². The number of hydrogen-bond acceptors (Lipinski definition) is 4. The van der Waals surface area contributed by atoms with E-state index >= 15 is 0 Å². The van der Waals surface area contributed by atoms with Gasteiger partial charge in [0.2, 0.25) is 0 Å². The Morgan fingerprint density at radius 1 is 1.12 bits per heavy atom. The van der Waals surface area contributed by atoms with Crippen LogP contribution in [-0.4, -0.2) is 34.7 Å². The van der Waals surface area contributed by atoms with Crippen LogP contribution in [0.2, 0.25) is 0 Å². The van der Waals surface area contributed by atoms with Gasteiger partial charge in [-0.3, -0.25) is 4.79 Å². The van der Waals surface area contributed by atoms with E-state index in [1.807, 2.05) is 0 Å². The van der Waals surface area contributed by atoms with Gasteiger partial charge in [0.1, 0.15) is 23.5 Å². The molecule has 1 aliphatic rings. The number of hydrogen-bond donors (Lipinski definition) is 0. The van der Waals surface area contributed by atoms with Crippen molar-refractivity contribution in [3.8, 4) is 17.0 Å². The van der Waals surface area contributed by atoms with Gasteiger partial charge in [-0.25, -0.2) is 9.37 Å². The fraction of sp³-hybridized carbons (Fsp3) is 0.273. The van der Waals surface area contributed by atoms with E-state index in [9.17, 15) is 22.4 Å². The molecule has 1 aromatic heterocycles. The quantitative estimate of drug-likeness (QED) is 0.256. The van der Waals surface area contributed by atoms with E-state index in [0.717, 1.165) is 5.56 Å². The lowest BCUT2D eigenvalue weighted by molar-refractivity contribution is -0.274. The summed E-state index contributed by atoms with van der Waals surface area (Å²) in [6.45, 7) is 0.576. The molecule has 10 heteroatoms. The molecule has 0 spiro atoms. The lowest BCUT2D eigenvalue weighted by Gasteiger charge is -2.35. The molecule has 1 fully saturated rings. The monoisotopic (exact) mass is 468 g/mol. The number of likely N-dealkylation sites (tertiary alicyclic amines) is 1. The van der Waals surface area contributed by atoms with Crippen molar-refractivity contribution in [1.29, 1.82) is 0 Å². The highest BCUT2D eigenvalue weighted by Gasteiger charge is 2.34. The highest BCUT2D eigenvalue weighted by Crippen LogP contribution is 2.37. The minimum Gasteiger partial charge on any atom is -0.448 e. The zero-order valence-corrected chi connectivity index (χ0v) is 17.2. The SMILES string of the molecule is O=C(Cl)N1CC(c2ccc(OC(F)(F)F)cc2)CC(c2nc(-c3cccc(F)c3)co2)C1. The minimum absolute atomic E-state index is 0.207. The summed E-state index contributed by atoms with van der Waals surface area (Å²) in [6.07, 6.45) is -2.82. The summed E-state index contributed by atoms with van der Waals surface area (Å²) in [6, 6.07) is 11.4. The number of benzene rings is 2. The fourth-order valence-corrected chi connectivity index (χ4v) is 4.00. The summed E-state index contributed by atoms with van der Waals surface area (Å²) in [5, 5.41) is -0.645. The van der Waals surface area contributed by atoms with Crippen LogP contribution >= 0.6 is 11.6 Å². The highest BCUT2D eigenvalue weighted by atomic mass is 35.5. The standard InChI is InChI=1S/C22H17ClF4N2O3/c23-21(30)29-10-15(13-4-6-18(7-5-13)32-22(25,26)27)8-16(11-29)20-28-19(12-31-20)14-2-1-3-17(24)9-14/h1-7,9,12,15-16H,8,10-11H2. The van der Waals surface area contributed by atoms with Crippen LogP contribution in [0.4, 0.5) is 22.4 Å². The van der Waals surface area contributed by atoms with Crippen LogP contribution in [-0.2, 0) is 0 Å². The van der Waals surface area contributed by atoms with E-state index in [1.54, 1.807) is 12.1 Å². The van der Waals surface area contributed by atoms with E-state index in [4.69, 9.17) is 16.0 Å². The molecule has 0 saturated carbocycles. The first-order valence-corrected chi connectivity index (χ1v) is 10.1. The Hall–Kier alpha value is -3.07. The minimum atomic E-state index is -4.77. The molecule has 2 unspecified atom stereocenters. The molecular weight excluding hydrogens is 452 g/mol. The summed E-state index contributed by atoms with van der Waals surface area (Å²) in [5.41, 5.74) is 1.74. The van der Waals surface area contributed by atoms with Crippen molar-refractivity contribution in [2.24, 2.45) is 0 Å². The molecule has 32 heavy (non-hydrogen) atoms. The first-order valence-electron chi connectivity index (χ1n) is 9.69. The zero-order chi connectivity index (χ0) is 22.9. The van der Waals surface area contributed by atoms with Crippen LogP contribution in [0.1, 0.15) is 29.7 Å². The van der Waals surface area contributed by atoms with Gasteiger partial charge in [-0.1, -0.05) is 24.3 Å². The van der Waals surface area contributed by atoms with Gasteiger partial charge in [-0.15, -0.1) is 13.2 Å². The van der Waals surface area contributed by atoms with Crippen LogP contribution in [0.15, 0.2) is 59.2 Å². The van der Waals surface area contributed by atoms with Crippen molar-refractivity contribution in [1.82, 2.24) is 9.88 Å². The number of rotatable bonds is 4. The van der Waals surface area contributed by atoms with Crippen molar-refractivity contribution >= 4 is 17.0 Å². The third-order valence-corrected chi connectivity index (χ3v) is 5.51. The largest absolute Gasteiger partial charge is 0.573 e. The first-order chi connectivity index (χ1) is 15.2. The van der Waals surface area contributed by atoms with Crippen LogP contribution in [0, 0.1) is 5.82 Å². The van der Waals surface area contributed by atoms with Gasteiger partial charge in [0.25, 0.3) is 0 Å². The normalized spacial score (nSPS) is 19.1. The third kappa shape index (κ3) is 5.21. The Bertz CT molecular complexity index is 1100. The topological polar surface area (TPSA) is 55.6 Å². The molecule has 2 atom stereocenters. The summed E-state index contributed by atoms with van der Waals surface area (Å²) < 4.78 is 60.3. The van der Waals surface area contributed by atoms with Crippen LogP contribution in [0.25, 0.3) is 11.3 Å². The number of oxazole rings is 1. The van der Waals surface area contributed by atoms with Gasteiger partial charge in [0, 0.05) is 24.6 Å². The molecule has 3 aromatic rings. The van der Waals surface area contributed by atoms with E-state index in [1.165, 1.54) is 47.6 Å². The number of halogens is 5. The molecule has 1 saturated heterocycles. The highest BCUT2D eigenvalue weighted by molar-refractivity contribution is 6.62. The van der Waals surface area contributed by atoms with E-state index in [0.29, 0.717) is 30.1 Å². The van der Waals surface area contributed by atoms with E-state index in [2.05, 4.69) is 9.72 Å². The Morgan fingerprint density at radius 2 is 1.84 bits per heavy atom. The Morgan fingerprint density at radius 3 is 2.50 bits per heavy atom. The van der Waals surface area contributed by atoms with Gasteiger partial charge in [0.05, 0.1) is 5.92 Å². The number of ether oxygens (including phenoxy) is 1. The second-order valence-electron chi connectivity index (χ2n) is 7.49. The maximum absolute atomic E-state index is 13.5. The van der Waals surface area contributed by atoms with Crippen LogP contribution in [0.3, 0.4) is 0 Å². The predicted octanol–water partition coefficient (Wildman–Crippen LogP) is 6.31. The molecule has 2 aromatic carbocycles. The Kier molecular flexibility index (Phi) is 6.10. The molecule has 0 bridgehead atoms. The van der Waals surface area contributed by atoms with Crippen molar-refractivity contribution in [3.05, 3.63) is 72.1 Å². The van der Waals surface area contributed by atoms with Crippen LogP contribution < -0.4 is 4.74 Å².